The first-order valence-electron chi connectivity index (χ1n) is 7.78. The van der Waals surface area contributed by atoms with E-state index in [1.54, 1.807) is 0 Å². The minimum atomic E-state index is -0.499. The van der Waals surface area contributed by atoms with Gasteiger partial charge < -0.3 is 5.32 Å². The Kier molecular flexibility index (Phi) is 5.87. The van der Waals surface area contributed by atoms with Crippen LogP contribution in [0.3, 0.4) is 0 Å². The molecule has 0 saturated heterocycles. The molecule has 0 radical (unpaired) electrons. The van der Waals surface area contributed by atoms with E-state index in [0.29, 0.717) is 21.1 Å². The van der Waals surface area contributed by atoms with Gasteiger partial charge in [0.15, 0.2) is 5.82 Å². The van der Waals surface area contributed by atoms with Crippen molar-refractivity contribution in [1.29, 1.82) is 0 Å². The molecule has 8 nitrogen and oxygen atoms in total. The van der Waals surface area contributed by atoms with Gasteiger partial charge >= 0.3 is 0 Å². The summed E-state index contributed by atoms with van der Waals surface area (Å²) < 4.78 is 0.439. The highest BCUT2D eigenvalue weighted by atomic mass is 79.9. The first kappa shape index (κ1) is 19.1. The predicted octanol–water partition coefficient (Wildman–Crippen LogP) is 4.18. The van der Waals surface area contributed by atoms with E-state index in [1.807, 2.05) is 31.2 Å². The summed E-state index contributed by atoms with van der Waals surface area (Å²) in [6, 6.07) is 12.0. The molecule has 0 aliphatic carbocycles. The number of nitro groups is 1. The van der Waals surface area contributed by atoms with E-state index >= 15 is 0 Å². The molecule has 10 heteroatoms. The molecule has 27 heavy (non-hydrogen) atoms. The molecule has 3 aromatic rings. The standard InChI is InChI=1S/C17H14BrN5O3S/c1-10-2-4-11(5-3-10)16-20-17(22-21-16)27-9-15(24)19-14-7-6-12(23(25)26)8-13(14)18/h2-8H,9H2,1H3,(H,19,24)(H,20,21,22). The average Bonchev–Trinajstić information content (AvgIpc) is 3.11. The molecule has 1 heterocycles. The van der Waals surface area contributed by atoms with Crippen LogP contribution in [0, 0.1) is 17.0 Å². The van der Waals surface area contributed by atoms with Crippen molar-refractivity contribution >= 4 is 45.0 Å². The number of hydrogen-bond donors (Lipinski definition) is 2. The molecule has 0 aliphatic heterocycles. The molecule has 0 atom stereocenters. The van der Waals surface area contributed by atoms with E-state index in [0.717, 1.165) is 11.1 Å². The maximum Gasteiger partial charge on any atom is 0.270 e. The van der Waals surface area contributed by atoms with Gasteiger partial charge in [-0.25, -0.2) is 4.98 Å². The molecule has 0 unspecified atom stereocenters. The van der Waals surface area contributed by atoms with E-state index in [4.69, 9.17) is 0 Å². The highest BCUT2D eigenvalue weighted by Gasteiger charge is 2.13. The van der Waals surface area contributed by atoms with Crippen LogP contribution in [0.1, 0.15) is 5.56 Å². The highest BCUT2D eigenvalue weighted by Crippen LogP contribution is 2.27. The van der Waals surface area contributed by atoms with Gasteiger partial charge in [0.2, 0.25) is 11.1 Å². The van der Waals surface area contributed by atoms with Crippen molar-refractivity contribution in [2.24, 2.45) is 0 Å². The summed E-state index contributed by atoms with van der Waals surface area (Å²) in [7, 11) is 0. The smallest absolute Gasteiger partial charge is 0.270 e. The second kappa shape index (κ2) is 8.31. The molecular formula is C17H14BrN5O3S. The van der Waals surface area contributed by atoms with Crippen molar-refractivity contribution in [2.75, 3.05) is 11.1 Å². The SMILES string of the molecule is Cc1ccc(-c2nc(SCC(=O)Nc3ccc([N+](=O)[O-])cc3Br)n[nH]2)cc1. The normalized spacial score (nSPS) is 10.6. The summed E-state index contributed by atoms with van der Waals surface area (Å²) in [5, 5.41) is 20.9. The zero-order valence-electron chi connectivity index (χ0n) is 14.1. The molecule has 1 aromatic heterocycles. The quantitative estimate of drug-likeness (QED) is 0.332. The lowest BCUT2D eigenvalue weighted by Crippen LogP contribution is -2.14. The second-order valence-electron chi connectivity index (χ2n) is 5.59. The fourth-order valence-corrected chi connectivity index (χ4v) is 3.25. The van der Waals surface area contributed by atoms with Crippen LogP contribution < -0.4 is 5.32 Å². The molecule has 0 saturated carbocycles. The maximum atomic E-state index is 12.1. The Balaban J connectivity index is 1.58. The number of nitro benzene ring substituents is 1. The highest BCUT2D eigenvalue weighted by molar-refractivity contribution is 9.10. The van der Waals surface area contributed by atoms with Crippen LogP contribution >= 0.6 is 27.7 Å². The van der Waals surface area contributed by atoms with Crippen LogP contribution in [0.25, 0.3) is 11.4 Å². The van der Waals surface area contributed by atoms with Gasteiger partial charge in [-0.2, -0.15) is 0 Å². The maximum absolute atomic E-state index is 12.1. The van der Waals surface area contributed by atoms with Crippen LogP contribution in [-0.4, -0.2) is 31.8 Å². The van der Waals surface area contributed by atoms with Crippen molar-refractivity contribution in [2.45, 2.75) is 12.1 Å². The summed E-state index contributed by atoms with van der Waals surface area (Å²) in [4.78, 5) is 26.7. The van der Waals surface area contributed by atoms with Crippen LogP contribution in [-0.2, 0) is 4.79 Å². The van der Waals surface area contributed by atoms with Crippen molar-refractivity contribution in [3.8, 4) is 11.4 Å². The van der Waals surface area contributed by atoms with Gasteiger partial charge in [-0.15, -0.1) is 5.10 Å². The molecule has 3 rings (SSSR count). The largest absolute Gasteiger partial charge is 0.324 e. The van der Waals surface area contributed by atoms with Crippen molar-refractivity contribution in [3.63, 3.8) is 0 Å². The van der Waals surface area contributed by atoms with Crippen molar-refractivity contribution in [1.82, 2.24) is 15.2 Å². The van der Waals surface area contributed by atoms with Crippen molar-refractivity contribution in [3.05, 3.63) is 62.6 Å². The number of aryl methyl sites for hydroxylation is 1. The number of carbonyl (C=O) groups is 1. The molecule has 0 fully saturated rings. The number of carbonyl (C=O) groups excluding carboxylic acids is 1. The molecule has 2 N–H and O–H groups in total. The van der Waals surface area contributed by atoms with Gasteiger partial charge in [-0.05, 0) is 28.9 Å². The molecule has 2 aromatic carbocycles. The van der Waals surface area contributed by atoms with E-state index in [2.05, 4.69) is 36.4 Å². The molecule has 0 aliphatic rings. The fourth-order valence-electron chi connectivity index (χ4n) is 2.19. The van der Waals surface area contributed by atoms with E-state index in [9.17, 15) is 14.9 Å². The number of halogens is 1. The average molecular weight is 448 g/mol. The number of H-pyrrole nitrogens is 1. The minimum absolute atomic E-state index is 0.0568. The predicted molar refractivity (Wildman–Crippen MR) is 107 cm³/mol. The Hall–Kier alpha value is -2.72. The second-order valence-corrected chi connectivity index (χ2v) is 7.39. The van der Waals surface area contributed by atoms with Gasteiger partial charge in [0, 0.05) is 22.2 Å². The Bertz CT molecular complexity index is 990. The zero-order chi connectivity index (χ0) is 19.4. The number of nitrogens with one attached hydrogen (secondary N) is 2. The number of anilines is 1. The summed E-state index contributed by atoms with van der Waals surface area (Å²) in [6.45, 7) is 2.01. The first-order chi connectivity index (χ1) is 12.9. The monoisotopic (exact) mass is 447 g/mol. The number of thioether (sulfide) groups is 1. The number of aromatic nitrogens is 3. The third kappa shape index (κ3) is 4.92. The van der Waals surface area contributed by atoms with Gasteiger partial charge in [-0.1, -0.05) is 41.6 Å². The number of amides is 1. The number of non-ortho nitro benzene ring substituents is 1. The number of benzene rings is 2. The summed E-state index contributed by atoms with van der Waals surface area (Å²) in [5.41, 5.74) is 2.47. The van der Waals surface area contributed by atoms with Gasteiger partial charge in [-0.3, -0.25) is 20.0 Å². The van der Waals surface area contributed by atoms with E-state index in [1.165, 1.54) is 30.0 Å². The molecular weight excluding hydrogens is 434 g/mol. The summed E-state index contributed by atoms with van der Waals surface area (Å²) in [5.74, 6) is 0.474. The van der Waals surface area contributed by atoms with Crippen LogP contribution in [0.2, 0.25) is 0 Å². The number of nitrogens with zero attached hydrogens (tertiary/aromatic N) is 3. The summed E-state index contributed by atoms with van der Waals surface area (Å²) in [6.07, 6.45) is 0. The van der Waals surface area contributed by atoms with E-state index in [-0.39, 0.29) is 17.3 Å². The topological polar surface area (TPSA) is 114 Å². The number of rotatable bonds is 6. The Labute approximate surface area is 167 Å². The molecule has 1 amide bonds. The van der Waals surface area contributed by atoms with Crippen molar-refractivity contribution < 1.29 is 9.72 Å². The minimum Gasteiger partial charge on any atom is -0.324 e. The lowest BCUT2D eigenvalue weighted by atomic mass is 10.1. The van der Waals surface area contributed by atoms with Crippen LogP contribution in [0.5, 0.6) is 0 Å². The van der Waals surface area contributed by atoms with Crippen LogP contribution in [0.15, 0.2) is 52.1 Å². The fraction of sp³-hybridized carbons (Fsp3) is 0.118. The van der Waals surface area contributed by atoms with E-state index < -0.39 is 4.92 Å². The number of hydrogen-bond acceptors (Lipinski definition) is 6. The first-order valence-corrected chi connectivity index (χ1v) is 9.56. The molecule has 138 valence electrons. The van der Waals surface area contributed by atoms with Gasteiger partial charge in [0.25, 0.3) is 5.69 Å². The third-order valence-electron chi connectivity index (χ3n) is 3.56. The molecule has 0 bridgehead atoms. The summed E-state index contributed by atoms with van der Waals surface area (Å²) >= 11 is 4.41. The lowest BCUT2D eigenvalue weighted by Gasteiger charge is -2.06. The lowest BCUT2D eigenvalue weighted by molar-refractivity contribution is -0.384. The molecule has 0 spiro atoms. The van der Waals surface area contributed by atoms with Gasteiger partial charge in [0.1, 0.15) is 0 Å². The Morgan fingerprint density at radius 2 is 2.04 bits per heavy atom. The zero-order valence-corrected chi connectivity index (χ0v) is 16.5. The Morgan fingerprint density at radius 1 is 1.30 bits per heavy atom. The van der Waals surface area contributed by atoms with Gasteiger partial charge in [0.05, 0.1) is 16.4 Å². The third-order valence-corrected chi connectivity index (χ3v) is 5.06. The number of aromatic amines is 1. The Morgan fingerprint density at radius 3 is 2.70 bits per heavy atom. The van der Waals surface area contributed by atoms with Crippen LogP contribution in [0.4, 0.5) is 11.4 Å².